The van der Waals surface area contributed by atoms with Crippen molar-refractivity contribution in [3.63, 3.8) is 0 Å². The molecule has 2 aromatic carbocycles. The van der Waals surface area contributed by atoms with Crippen LogP contribution in [0.1, 0.15) is 52.3 Å². The van der Waals surface area contributed by atoms with Crippen molar-refractivity contribution in [3.05, 3.63) is 94.5 Å². The Morgan fingerprint density at radius 3 is 2.53 bits per heavy atom. The molecule has 196 valence electrons. The number of thiazole rings is 1. The number of unbranched alkanes of at least 4 members (excludes halogenated alkanes) is 1. The van der Waals surface area contributed by atoms with Gasteiger partial charge in [0.25, 0.3) is 5.78 Å². The minimum atomic E-state index is -0.945. The van der Waals surface area contributed by atoms with Gasteiger partial charge in [-0.2, -0.15) is 0 Å². The zero-order valence-electron chi connectivity index (χ0n) is 21.2. The number of Topliss-reactive ketones (excluding diaryl/α,β-unsaturated/α-hetero) is 1. The summed E-state index contributed by atoms with van der Waals surface area (Å²) < 4.78 is 10.8. The minimum absolute atomic E-state index is 0.0302. The minimum Gasteiger partial charge on any atom is -0.507 e. The highest BCUT2D eigenvalue weighted by atomic mass is 32.1. The molecule has 38 heavy (non-hydrogen) atoms. The summed E-state index contributed by atoms with van der Waals surface area (Å²) in [6.45, 7) is 7.85. The highest BCUT2D eigenvalue weighted by Gasteiger charge is 2.48. The lowest BCUT2D eigenvalue weighted by atomic mass is 9.95. The van der Waals surface area contributed by atoms with Crippen molar-refractivity contribution in [2.45, 2.75) is 32.7 Å². The van der Waals surface area contributed by atoms with Crippen molar-refractivity contribution >= 4 is 39.9 Å². The molecule has 0 saturated carbocycles. The first kappa shape index (κ1) is 26.8. The van der Waals surface area contributed by atoms with Crippen LogP contribution in [0.3, 0.4) is 0 Å². The van der Waals surface area contributed by atoms with Crippen LogP contribution in [0.2, 0.25) is 0 Å². The highest BCUT2D eigenvalue weighted by molar-refractivity contribution is 7.17. The van der Waals surface area contributed by atoms with Gasteiger partial charge in [-0.05, 0) is 43.2 Å². The molecule has 1 unspecified atom stereocenters. The third-order valence-corrected chi connectivity index (χ3v) is 7.10. The van der Waals surface area contributed by atoms with Crippen molar-refractivity contribution in [1.29, 1.82) is 0 Å². The lowest BCUT2D eigenvalue weighted by molar-refractivity contribution is -0.132. The van der Waals surface area contributed by atoms with E-state index in [0.717, 1.165) is 24.2 Å². The summed E-state index contributed by atoms with van der Waals surface area (Å²) in [5.41, 5.74) is 1.28. The van der Waals surface area contributed by atoms with Crippen LogP contribution in [0.15, 0.2) is 72.8 Å². The number of carbonyl (C=O) groups is 3. The highest BCUT2D eigenvalue weighted by Crippen LogP contribution is 2.44. The largest absolute Gasteiger partial charge is 0.507 e. The normalized spacial score (nSPS) is 16.5. The van der Waals surface area contributed by atoms with Crippen molar-refractivity contribution in [3.8, 4) is 5.75 Å². The van der Waals surface area contributed by atoms with Crippen molar-refractivity contribution in [2.75, 3.05) is 18.1 Å². The molecule has 1 aromatic heterocycles. The lowest BCUT2D eigenvalue weighted by Gasteiger charge is -2.23. The topological polar surface area (TPSA) is 106 Å². The number of amides is 1. The van der Waals surface area contributed by atoms with Gasteiger partial charge in [-0.3, -0.25) is 14.5 Å². The van der Waals surface area contributed by atoms with Crippen LogP contribution in [-0.4, -0.2) is 41.0 Å². The molecule has 0 spiro atoms. The van der Waals surface area contributed by atoms with Gasteiger partial charge >= 0.3 is 11.9 Å². The summed E-state index contributed by atoms with van der Waals surface area (Å²) in [5, 5.41) is 11.4. The van der Waals surface area contributed by atoms with E-state index in [1.807, 2.05) is 6.07 Å². The summed E-state index contributed by atoms with van der Waals surface area (Å²) in [4.78, 5) is 45.0. The maximum absolute atomic E-state index is 13.3. The first-order valence-electron chi connectivity index (χ1n) is 12.2. The SMILES string of the molecule is C=CCOC(=O)c1sc(N2C(=O)C(=O)/C(=C(\O)c3ccc(OCCCC)cc3)C2c2ccccc2)nc1C. The molecule has 4 rings (SSSR count). The molecule has 1 amide bonds. The van der Waals surface area contributed by atoms with E-state index in [1.165, 1.54) is 11.0 Å². The van der Waals surface area contributed by atoms with E-state index in [1.54, 1.807) is 55.5 Å². The number of carbonyl (C=O) groups excluding carboxylic acids is 3. The van der Waals surface area contributed by atoms with Crippen LogP contribution in [0, 0.1) is 6.92 Å². The second kappa shape index (κ2) is 11.9. The van der Waals surface area contributed by atoms with E-state index in [0.29, 0.717) is 29.2 Å². The molecule has 1 saturated heterocycles. The van der Waals surface area contributed by atoms with Crippen molar-refractivity contribution in [1.82, 2.24) is 4.98 Å². The molecule has 3 aromatic rings. The van der Waals surface area contributed by atoms with Gasteiger partial charge in [-0.25, -0.2) is 9.78 Å². The van der Waals surface area contributed by atoms with Gasteiger partial charge in [-0.15, -0.1) is 0 Å². The van der Waals surface area contributed by atoms with E-state index in [-0.39, 0.29) is 27.9 Å². The van der Waals surface area contributed by atoms with E-state index in [4.69, 9.17) is 9.47 Å². The molecule has 0 radical (unpaired) electrons. The number of ketones is 1. The van der Waals surface area contributed by atoms with E-state index in [2.05, 4.69) is 18.5 Å². The zero-order valence-corrected chi connectivity index (χ0v) is 22.0. The van der Waals surface area contributed by atoms with Gasteiger partial charge < -0.3 is 14.6 Å². The number of ether oxygens (including phenoxy) is 2. The van der Waals surface area contributed by atoms with Crippen LogP contribution in [-0.2, 0) is 14.3 Å². The third-order valence-electron chi connectivity index (χ3n) is 5.96. The first-order valence-corrected chi connectivity index (χ1v) is 13.0. The van der Waals surface area contributed by atoms with Gasteiger partial charge in [-0.1, -0.05) is 67.7 Å². The molecule has 2 heterocycles. The summed E-state index contributed by atoms with van der Waals surface area (Å²) in [5.74, 6) is -1.95. The lowest BCUT2D eigenvalue weighted by Crippen LogP contribution is -2.29. The number of benzene rings is 2. The smallest absolute Gasteiger partial charge is 0.350 e. The van der Waals surface area contributed by atoms with Gasteiger partial charge in [0, 0.05) is 5.56 Å². The maximum Gasteiger partial charge on any atom is 0.350 e. The first-order chi connectivity index (χ1) is 18.4. The predicted octanol–water partition coefficient (Wildman–Crippen LogP) is 5.60. The molecule has 9 heteroatoms. The van der Waals surface area contributed by atoms with E-state index in [9.17, 15) is 19.5 Å². The van der Waals surface area contributed by atoms with Crippen LogP contribution in [0.5, 0.6) is 5.75 Å². The Morgan fingerprint density at radius 2 is 1.87 bits per heavy atom. The van der Waals surface area contributed by atoms with E-state index >= 15 is 0 Å². The molecule has 1 fully saturated rings. The Hall–Kier alpha value is -4.24. The molecule has 0 aliphatic carbocycles. The fourth-order valence-electron chi connectivity index (χ4n) is 4.05. The Labute approximate surface area is 224 Å². The van der Waals surface area contributed by atoms with Crippen LogP contribution in [0.4, 0.5) is 5.13 Å². The summed E-state index contributed by atoms with van der Waals surface area (Å²) in [6, 6.07) is 14.7. The average Bonchev–Trinajstić information content (AvgIpc) is 3.44. The number of esters is 1. The quantitative estimate of drug-likeness (QED) is 0.0905. The molecule has 1 N–H and O–H groups in total. The fraction of sp³-hybridized carbons (Fsp3) is 0.241. The number of hydrogen-bond acceptors (Lipinski definition) is 8. The monoisotopic (exact) mass is 532 g/mol. The van der Waals surface area contributed by atoms with Crippen molar-refractivity contribution in [2.24, 2.45) is 0 Å². The van der Waals surface area contributed by atoms with E-state index < -0.39 is 23.7 Å². The maximum atomic E-state index is 13.3. The Kier molecular flexibility index (Phi) is 8.38. The number of anilines is 1. The van der Waals surface area contributed by atoms with Crippen LogP contribution < -0.4 is 9.64 Å². The van der Waals surface area contributed by atoms with Crippen LogP contribution in [0.25, 0.3) is 5.76 Å². The number of aryl methyl sites for hydroxylation is 1. The molecular weight excluding hydrogens is 504 g/mol. The summed E-state index contributed by atoms with van der Waals surface area (Å²) in [7, 11) is 0. The fourth-order valence-corrected chi connectivity index (χ4v) is 5.04. The van der Waals surface area contributed by atoms with Crippen LogP contribution >= 0.6 is 11.3 Å². The van der Waals surface area contributed by atoms with Gasteiger partial charge in [0.15, 0.2) is 5.13 Å². The Morgan fingerprint density at radius 1 is 1.16 bits per heavy atom. The van der Waals surface area contributed by atoms with Gasteiger partial charge in [0.1, 0.15) is 23.0 Å². The standard InChI is InChI=1S/C29H28N2O6S/c1-4-6-17-36-21-14-12-20(13-15-21)24(32)22-23(19-10-8-7-9-11-19)31(27(34)25(22)33)29-30-18(3)26(38-29)28(35)37-16-5-2/h5,7-15,23,32H,2,4,6,16-17H2,1,3H3/b24-22-. The zero-order chi connectivity index (χ0) is 27.2. The van der Waals surface area contributed by atoms with Gasteiger partial charge in [0.05, 0.1) is 23.9 Å². The number of rotatable bonds is 10. The number of aliphatic hydroxyl groups is 1. The second-order valence-electron chi connectivity index (χ2n) is 8.60. The number of nitrogens with zero attached hydrogens (tertiary/aromatic N) is 2. The number of aromatic nitrogens is 1. The average molecular weight is 533 g/mol. The Balaban J connectivity index is 1.77. The number of hydrogen-bond donors (Lipinski definition) is 1. The third kappa shape index (κ3) is 5.38. The molecule has 0 bridgehead atoms. The molecular formula is C29H28N2O6S. The summed E-state index contributed by atoms with van der Waals surface area (Å²) in [6.07, 6.45) is 3.38. The molecule has 1 aliphatic rings. The van der Waals surface area contributed by atoms with Gasteiger partial charge in [0.2, 0.25) is 0 Å². The molecule has 1 atom stereocenters. The number of aliphatic hydroxyl groups excluding tert-OH is 1. The molecule has 8 nitrogen and oxygen atoms in total. The predicted molar refractivity (Wildman–Crippen MR) is 145 cm³/mol. The van der Waals surface area contributed by atoms with Crippen molar-refractivity contribution < 1.29 is 29.0 Å². The molecule has 1 aliphatic heterocycles. The Bertz CT molecular complexity index is 1380. The summed E-state index contributed by atoms with van der Waals surface area (Å²) >= 11 is 0.953. The second-order valence-corrected chi connectivity index (χ2v) is 9.58.